The Kier molecular flexibility index (Phi) is 3.44. The largest absolute Gasteiger partial charge is 0.370 e. The van der Waals surface area contributed by atoms with Crippen molar-refractivity contribution >= 4 is 16.6 Å². The van der Waals surface area contributed by atoms with Gasteiger partial charge < -0.3 is 15.2 Å². The van der Waals surface area contributed by atoms with Gasteiger partial charge in [0.25, 0.3) is 5.56 Å². The molecule has 1 heterocycles. The molecule has 0 atom stereocenters. The van der Waals surface area contributed by atoms with E-state index >= 15 is 0 Å². The summed E-state index contributed by atoms with van der Waals surface area (Å²) in [6, 6.07) is 9.55. The van der Waals surface area contributed by atoms with Crippen LogP contribution in [0.1, 0.15) is 0 Å². The number of fused-ring (bicyclic) bond motifs is 1. The van der Waals surface area contributed by atoms with Gasteiger partial charge in [-0.15, -0.1) is 0 Å². The highest BCUT2D eigenvalue weighted by atomic mass is 16.1. The highest BCUT2D eigenvalue weighted by molar-refractivity contribution is 5.83. The van der Waals surface area contributed by atoms with E-state index in [1.165, 1.54) is 0 Å². The fraction of sp³-hybridized carbons (Fsp3) is 0.308. The third-order valence-corrected chi connectivity index (χ3v) is 2.63. The Balaban J connectivity index is 2.22. The molecule has 4 heteroatoms. The number of rotatable bonds is 4. The Hall–Kier alpha value is -1.81. The normalized spacial score (nSPS) is 11.0. The van der Waals surface area contributed by atoms with E-state index in [-0.39, 0.29) is 5.56 Å². The molecule has 17 heavy (non-hydrogen) atoms. The van der Waals surface area contributed by atoms with Gasteiger partial charge in [-0.2, -0.15) is 0 Å². The number of hydrogen-bond acceptors (Lipinski definition) is 3. The molecule has 0 saturated carbocycles. The van der Waals surface area contributed by atoms with Gasteiger partial charge in [0.1, 0.15) is 5.82 Å². The van der Waals surface area contributed by atoms with Crippen LogP contribution in [0, 0.1) is 0 Å². The Morgan fingerprint density at radius 1 is 1.29 bits per heavy atom. The molecule has 2 rings (SSSR count). The van der Waals surface area contributed by atoms with Crippen molar-refractivity contribution < 1.29 is 0 Å². The van der Waals surface area contributed by atoms with Crippen LogP contribution in [0.25, 0.3) is 10.8 Å². The van der Waals surface area contributed by atoms with Crippen LogP contribution in [-0.2, 0) is 0 Å². The van der Waals surface area contributed by atoms with E-state index in [2.05, 4.69) is 15.2 Å². The summed E-state index contributed by atoms with van der Waals surface area (Å²) < 4.78 is 0. The van der Waals surface area contributed by atoms with Gasteiger partial charge in [-0.1, -0.05) is 18.2 Å². The molecular weight excluding hydrogens is 214 g/mol. The van der Waals surface area contributed by atoms with E-state index in [4.69, 9.17) is 0 Å². The molecule has 0 aliphatic rings. The third-order valence-electron chi connectivity index (χ3n) is 2.63. The quantitative estimate of drug-likeness (QED) is 0.838. The van der Waals surface area contributed by atoms with Crippen LogP contribution in [0.3, 0.4) is 0 Å². The lowest BCUT2D eigenvalue weighted by Gasteiger charge is -2.11. The zero-order chi connectivity index (χ0) is 12.3. The Bertz CT molecular complexity index is 560. The molecule has 1 aromatic carbocycles. The molecule has 0 spiro atoms. The second kappa shape index (κ2) is 5.01. The van der Waals surface area contributed by atoms with Crippen molar-refractivity contribution in [3.63, 3.8) is 0 Å². The third kappa shape index (κ3) is 2.85. The number of H-pyrrole nitrogens is 1. The van der Waals surface area contributed by atoms with E-state index in [9.17, 15) is 4.79 Å². The van der Waals surface area contributed by atoms with E-state index < -0.39 is 0 Å². The van der Waals surface area contributed by atoms with E-state index in [1.54, 1.807) is 0 Å². The van der Waals surface area contributed by atoms with Crippen molar-refractivity contribution in [1.29, 1.82) is 0 Å². The van der Waals surface area contributed by atoms with Gasteiger partial charge in [0.15, 0.2) is 0 Å². The number of benzene rings is 1. The minimum atomic E-state index is -0.0459. The molecule has 0 bridgehead atoms. The van der Waals surface area contributed by atoms with Gasteiger partial charge in [-0.25, -0.2) is 0 Å². The fourth-order valence-electron chi connectivity index (χ4n) is 1.72. The zero-order valence-corrected chi connectivity index (χ0v) is 10.2. The molecule has 2 aromatic rings. The summed E-state index contributed by atoms with van der Waals surface area (Å²) in [5, 5.41) is 4.90. The highest BCUT2D eigenvalue weighted by Crippen LogP contribution is 2.12. The minimum absolute atomic E-state index is 0.0459. The maximum absolute atomic E-state index is 11.8. The van der Waals surface area contributed by atoms with Crippen LogP contribution < -0.4 is 10.9 Å². The monoisotopic (exact) mass is 231 g/mol. The van der Waals surface area contributed by atoms with Crippen LogP contribution in [0.5, 0.6) is 0 Å². The van der Waals surface area contributed by atoms with Gasteiger partial charge in [-0.05, 0) is 31.6 Å². The average Bonchev–Trinajstić information content (AvgIpc) is 2.28. The van der Waals surface area contributed by atoms with Crippen molar-refractivity contribution in [1.82, 2.24) is 9.88 Å². The number of pyridine rings is 1. The number of hydrogen-bond donors (Lipinski definition) is 2. The smallest absolute Gasteiger partial charge is 0.257 e. The van der Waals surface area contributed by atoms with Crippen LogP contribution in [0.2, 0.25) is 0 Å². The summed E-state index contributed by atoms with van der Waals surface area (Å²) in [6.07, 6.45) is 0. The van der Waals surface area contributed by atoms with Crippen molar-refractivity contribution in [2.24, 2.45) is 0 Å². The second-order valence-electron chi connectivity index (χ2n) is 4.33. The Labute approximate surface area is 100 Å². The summed E-state index contributed by atoms with van der Waals surface area (Å²) in [7, 11) is 4.04. The fourth-order valence-corrected chi connectivity index (χ4v) is 1.72. The lowest BCUT2D eigenvalue weighted by Crippen LogP contribution is -2.22. The van der Waals surface area contributed by atoms with Crippen LogP contribution in [0.4, 0.5) is 5.82 Å². The molecule has 90 valence electrons. The van der Waals surface area contributed by atoms with Crippen molar-refractivity contribution in [2.75, 3.05) is 32.5 Å². The number of aromatic nitrogens is 1. The predicted octanol–water partition coefficient (Wildman–Crippen LogP) is 1.50. The van der Waals surface area contributed by atoms with Gasteiger partial charge in [0, 0.05) is 18.5 Å². The number of nitrogens with one attached hydrogen (secondary N) is 2. The van der Waals surface area contributed by atoms with Crippen molar-refractivity contribution in [3.8, 4) is 0 Å². The number of anilines is 1. The lowest BCUT2D eigenvalue weighted by molar-refractivity contribution is 0.425. The molecule has 0 saturated heterocycles. The molecule has 4 nitrogen and oxygen atoms in total. The average molecular weight is 231 g/mol. The van der Waals surface area contributed by atoms with Gasteiger partial charge in [0.05, 0.1) is 0 Å². The highest BCUT2D eigenvalue weighted by Gasteiger charge is 2.00. The van der Waals surface area contributed by atoms with Gasteiger partial charge >= 0.3 is 0 Å². The molecule has 0 aliphatic carbocycles. The predicted molar refractivity (Wildman–Crippen MR) is 71.6 cm³/mol. The van der Waals surface area contributed by atoms with Crippen LogP contribution >= 0.6 is 0 Å². The Morgan fingerprint density at radius 2 is 2.06 bits per heavy atom. The van der Waals surface area contributed by atoms with E-state index in [1.807, 2.05) is 44.4 Å². The van der Waals surface area contributed by atoms with Crippen molar-refractivity contribution in [2.45, 2.75) is 0 Å². The lowest BCUT2D eigenvalue weighted by atomic mass is 10.2. The zero-order valence-electron chi connectivity index (χ0n) is 10.2. The van der Waals surface area contributed by atoms with Crippen molar-refractivity contribution in [3.05, 3.63) is 40.7 Å². The molecule has 0 unspecified atom stereocenters. The molecular formula is C13H17N3O. The molecule has 2 N–H and O–H groups in total. The topological polar surface area (TPSA) is 48.1 Å². The first-order valence-electron chi connectivity index (χ1n) is 5.67. The molecule has 0 amide bonds. The second-order valence-corrected chi connectivity index (χ2v) is 4.33. The first-order chi connectivity index (χ1) is 8.16. The Morgan fingerprint density at radius 3 is 2.82 bits per heavy atom. The number of aromatic amines is 1. The van der Waals surface area contributed by atoms with E-state index in [0.29, 0.717) is 0 Å². The first kappa shape index (κ1) is 11.7. The van der Waals surface area contributed by atoms with Crippen LogP contribution in [0.15, 0.2) is 35.1 Å². The van der Waals surface area contributed by atoms with Gasteiger partial charge in [0.2, 0.25) is 0 Å². The maximum Gasteiger partial charge on any atom is 0.257 e. The first-order valence-corrected chi connectivity index (χ1v) is 5.67. The summed E-state index contributed by atoms with van der Waals surface area (Å²) in [5.74, 6) is 0.774. The summed E-state index contributed by atoms with van der Waals surface area (Å²) in [5.41, 5.74) is -0.0459. The van der Waals surface area contributed by atoms with Gasteiger partial charge in [-0.3, -0.25) is 4.79 Å². The minimum Gasteiger partial charge on any atom is -0.370 e. The molecule has 0 fully saturated rings. The summed E-state index contributed by atoms with van der Waals surface area (Å²) in [4.78, 5) is 16.7. The number of likely N-dealkylation sites (N-methyl/N-ethyl adjacent to an activating group) is 1. The van der Waals surface area contributed by atoms with Crippen LogP contribution in [-0.4, -0.2) is 37.1 Å². The summed E-state index contributed by atoms with van der Waals surface area (Å²) in [6.45, 7) is 1.73. The molecule has 0 aliphatic heterocycles. The standard InChI is InChI=1S/C13H17N3O/c1-16(2)8-7-14-12-9-10-5-3-4-6-11(10)13(17)15-12/h3-6,9H,7-8H2,1-2H3,(H2,14,15,17). The molecule has 0 radical (unpaired) electrons. The maximum atomic E-state index is 11.8. The van der Waals surface area contributed by atoms with E-state index in [0.717, 1.165) is 29.7 Å². The number of nitrogens with zero attached hydrogens (tertiary/aromatic N) is 1. The summed E-state index contributed by atoms with van der Waals surface area (Å²) >= 11 is 0. The molecule has 1 aromatic heterocycles. The SMILES string of the molecule is CN(C)CCNc1cc2ccccc2c(=O)[nH]1.